The summed E-state index contributed by atoms with van der Waals surface area (Å²) in [5.74, 6) is -1.84. The van der Waals surface area contributed by atoms with Gasteiger partial charge in [-0.15, -0.1) is 0 Å². The summed E-state index contributed by atoms with van der Waals surface area (Å²) in [5, 5.41) is 18.0. The second-order valence-electron chi connectivity index (χ2n) is 5.59. The topological polar surface area (TPSA) is 81.1 Å². The van der Waals surface area contributed by atoms with Gasteiger partial charge in [0.25, 0.3) is 0 Å². The highest BCUT2D eigenvalue weighted by atomic mass is 16.4. The number of nitrogens with zero attached hydrogens (tertiary/aromatic N) is 2. The van der Waals surface area contributed by atoms with Crippen molar-refractivity contribution in [1.29, 1.82) is 0 Å². The average Bonchev–Trinajstić information content (AvgIpc) is 2.42. The lowest BCUT2D eigenvalue weighted by molar-refractivity contribution is -0.136. The number of rotatable bonds is 9. The molecule has 0 saturated carbocycles. The highest BCUT2D eigenvalue weighted by Gasteiger charge is 2.14. The van der Waals surface area contributed by atoms with Crippen LogP contribution in [0.2, 0.25) is 0 Å². The third-order valence-corrected chi connectivity index (χ3v) is 3.43. The lowest BCUT2D eigenvalue weighted by Crippen LogP contribution is -2.30. The minimum absolute atomic E-state index is 0.0265. The molecule has 6 heteroatoms. The summed E-state index contributed by atoms with van der Waals surface area (Å²) in [6, 6.07) is 4.95. The molecule has 22 heavy (non-hydrogen) atoms. The molecule has 0 unspecified atom stereocenters. The Morgan fingerprint density at radius 3 is 2.32 bits per heavy atom. The zero-order valence-corrected chi connectivity index (χ0v) is 13.4. The zero-order chi connectivity index (χ0) is 16.7. The SMILES string of the molecule is Cc1ccc(C(=O)O)cc1N(CCCN(C)C)CCC(=O)O. The highest BCUT2D eigenvalue weighted by molar-refractivity contribution is 5.89. The van der Waals surface area contributed by atoms with Crippen LogP contribution in [0.3, 0.4) is 0 Å². The molecule has 1 aromatic carbocycles. The van der Waals surface area contributed by atoms with Crippen LogP contribution >= 0.6 is 0 Å². The molecule has 0 aliphatic heterocycles. The Morgan fingerprint density at radius 2 is 1.77 bits per heavy atom. The van der Waals surface area contributed by atoms with Crippen LogP contribution in [0.15, 0.2) is 18.2 Å². The summed E-state index contributed by atoms with van der Waals surface area (Å²) in [6.45, 7) is 3.85. The molecule has 122 valence electrons. The fourth-order valence-electron chi connectivity index (χ4n) is 2.24. The fourth-order valence-corrected chi connectivity index (χ4v) is 2.24. The molecule has 1 rings (SSSR count). The number of carboxylic acids is 2. The van der Waals surface area contributed by atoms with E-state index in [0.717, 1.165) is 24.2 Å². The molecule has 1 aromatic rings. The van der Waals surface area contributed by atoms with E-state index in [1.807, 2.05) is 25.9 Å². The van der Waals surface area contributed by atoms with Crippen molar-refractivity contribution in [2.75, 3.05) is 38.6 Å². The van der Waals surface area contributed by atoms with E-state index < -0.39 is 11.9 Å². The van der Waals surface area contributed by atoms with Crippen LogP contribution in [-0.4, -0.2) is 60.8 Å². The molecule has 0 aromatic heterocycles. The largest absolute Gasteiger partial charge is 0.481 e. The summed E-state index contributed by atoms with van der Waals surface area (Å²) in [7, 11) is 3.97. The monoisotopic (exact) mass is 308 g/mol. The van der Waals surface area contributed by atoms with Crippen molar-refractivity contribution in [2.45, 2.75) is 19.8 Å². The van der Waals surface area contributed by atoms with Gasteiger partial charge in [0.1, 0.15) is 0 Å². The van der Waals surface area contributed by atoms with Gasteiger partial charge < -0.3 is 20.0 Å². The van der Waals surface area contributed by atoms with E-state index in [-0.39, 0.29) is 12.0 Å². The number of hydrogen-bond donors (Lipinski definition) is 2. The Balaban J connectivity index is 2.94. The van der Waals surface area contributed by atoms with E-state index in [1.54, 1.807) is 18.2 Å². The van der Waals surface area contributed by atoms with Gasteiger partial charge in [0.05, 0.1) is 12.0 Å². The van der Waals surface area contributed by atoms with Gasteiger partial charge in [0, 0.05) is 18.8 Å². The molecule has 0 aliphatic carbocycles. The van der Waals surface area contributed by atoms with Crippen LogP contribution in [-0.2, 0) is 4.79 Å². The van der Waals surface area contributed by atoms with Gasteiger partial charge in [-0.25, -0.2) is 4.79 Å². The molecule has 0 amide bonds. The molecule has 0 radical (unpaired) electrons. The fraction of sp³-hybridized carbons (Fsp3) is 0.500. The third-order valence-electron chi connectivity index (χ3n) is 3.43. The Bertz CT molecular complexity index is 529. The number of carbonyl (C=O) groups is 2. The van der Waals surface area contributed by atoms with E-state index in [1.165, 1.54) is 0 Å². The predicted molar refractivity (Wildman–Crippen MR) is 85.8 cm³/mol. The van der Waals surface area contributed by atoms with Crippen molar-refractivity contribution in [1.82, 2.24) is 4.90 Å². The first-order chi connectivity index (χ1) is 10.3. The van der Waals surface area contributed by atoms with Crippen molar-refractivity contribution in [3.05, 3.63) is 29.3 Å². The smallest absolute Gasteiger partial charge is 0.335 e. The van der Waals surface area contributed by atoms with Gasteiger partial charge in [-0.3, -0.25) is 4.79 Å². The number of aromatic carboxylic acids is 1. The Kier molecular flexibility index (Phi) is 6.85. The molecule has 0 bridgehead atoms. The number of anilines is 1. The van der Waals surface area contributed by atoms with E-state index >= 15 is 0 Å². The molecule has 0 fully saturated rings. The highest BCUT2D eigenvalue weighted by Crippen LogP contribution is 2.22. The first-order valence-corrected chi connectivity index (χ1v) is 7.26. The summed E-state index contributed by atoms with van der Waals surface area (Å²) >= 11 is 0. The number of carboxylic acid groups (broad SMARTS) is 2. The zero-order valence-electron chi connectivity index (χ0n) is 13.4. The molecule has 0 atom stereocenters. The van der Waals surface area contributed by atoms with Crippen molar-refractivity contribution >= 4 is 17.6 Å². The van der Waals surface area contributed by atoms with E-state index in [4.69, 9.17) is 10.2 Å². The Morgan fingerprint density at radius 1 is 1.09 bits per heavy atom. The maximum atomic E-state index is 11.1. The van der Waals surface area contributed by atoms with Crippen LogP contribution in [0.1, 0.15) is 28.8 Å². The normalized spacial score (nSPS) is 10.7. The lowest BCUT2D eigenvalue weighted by Gasteiger charge is -2.27. The summed E-state index contributed by atoms with van der Waals surface area (Å²) in [5.41, 5.74) is 1.95. The maximum Gasteiger partial charge on any atom is 0.335 e. The van der Waals surface area contributed by atoms with Crippen LogP contribution in [0.5, 0.6) is 0 Å². The van der Waals surface area contributed by atoms with Gasteiger partial charge >= 0.3 is 11.9 Å². The minimum Gasteiger partial charge on any atom is -0.481 e. The van der Waals surface area contributed by atoms with Crippen molar-refractivity contribution in [2.24, 2.45) is 0 Å². The molecular weight excluding hydrogens is 284 g/mol. The van der Waals surface area contributed by atoms with Crippen LogP contribution < -0.4 is 4.90 Å². The minimum atomic E-state index is -0.979. The number of aliphatic carboxylic acids is 1. The third kappa shape index (κ3) is 5.73. The molecule has 0 saturated heterocycles. The molecule has 2 N–H and O–H groups in total. The van der Waals surface area contributed by atoms with Crippen molar-refractivity contribution < 1.29 is 19.8 Å². The standard InChI is InChI=1S/C16H24N2O4/c1-12-5-6-13(16(21)22)11-14(12)18(10-7-15(19)20)9-4-8-17(2)3/h5-6,11H,4,7-10H2,1-3H3,(H,19,20)(H,21,22). The van der Waals surface area contributed by atoms with Crippen LogP contribution in [0.25, 0.3) is 0 Å². The van der Waals surface area contributed by atoms with Gasteiger partial charge in [-0.2, -0.15) is 0 Å². The number of hydrogen-bond acceptors (Lipinski definition) is 4. The average molecular weight is 308 g/mol. The molecule has 0 aliphatic rings. The summed E-state index contributed by atoms with van der Waals surface area (Å²) in [4.78, 5) is 26.0. The van der Waals surface area contributed by atoms with Gasteiger partial charge in [0.15, 0.2) is 0 Å². The molecular formula is C16H24N2O4. The number of aryl methyl sites for hydroxylation is 1. The Hall–Kier alpha value is -2.08. The lowest BCUT2D eigenvalue weighted by atomic mass is 10.1. The van der Waals surface area contributed by atoms with Crippen LogP contribution in [0.4, 0.5) is 5.69 Å². The number of benzene rings is 1. The Labute approximate surface area is 131 Å². The molecule has 0 spiro atoms. The predicted octanol–water partition coefficient (Wildman–Crippen LogP) is 1.93. The van der Waals surface area contributed by atoms with Crippen LogP contribution in [0, 0.1) is 6.92 Å². The van der Waals surface area contributed by atoms with Gasteiger partial charge in [0.2, 0.25) is 0 Å². The second-order valence-corrected chi connectivity index (χ2v) is 5.59. The maximum absolute atomic E-state index is 11.1. The summed E-state index contributed by atoms with van der Waals surface area (Å²) < 4.78 is 0. The quantitative estimate of drug-likeness (QED) is 0.725. The first kappa shape index (κ1) is 18.0. The van der Waals surface area contributed by atoms with E-state index in [2.05, 4.69) is 4.90 Å². The first-order valence-electron chi connectivity index (χ1n) is 7.26. The molecule has 0 heterocycles. The molecule has 6 nitrogen and oxygen atoms in total. The van der Waals surface area contributed by atoms with Gasteiger partial charge in [-0.1, -0.05) is 6.07 Å². The van der Waals surface area contributed by atoms with Gasteiger partial charge in [-0.05, 0) is 51.7 Å². The summed E-state index contributed by atoms with van der Waals surface area (Å²) in [6.07, 6.45) is 0.905. The van der Waals surface area contributed by atoms with Crippen molar-refractivity contribution in [3.63, 3.8) is 0 Å². The van der Waals surface area contributed by atoms with E-state index in [9.17, 15) is 9.59 Å². The second kappa shape index (κ2) is 8.38. The van der Waals surface area contributed by atoms with Crippen molar-refractivity contribution in [3.8, 4) is 0 Å². The van der Waals surface area contributed by atoms with E-state index in [0.29, 0.717) is 13.1 Å².